The summed E-state index contributed by atoms with van der Waals surface area (Å²) in [6.45, 7) is 1.83. The second kappa shape index (κ2) is 4.82. The van der Waals surface area contributed by atoms with E-state index in [9.17, 15) is 4.79 Å². The molecule has 0 heterocycles. The molecular formula is C10H15NO2. The van der Waals surface area contributed by atoms with E-state index in [0.29, 0.717) is 6.42 Å². The van der Waals surface area contributed by atoms with E-state index in [1.54, 1.807) is 7.11 Å². The maximum atomic E-state index is 11.0. The van der Waals surface area contributed by atoms with Crippen LogP contribution in [0, 0.1) is 0 Å². The third-order valence-electron chi connectivity index (χ3n) is 1.97. The average Bonchev–Trinajstić information content (AvgIpc) is 2.19. The number of methoxy groups -OCH3 is 1. The molecule has 0 radical (unpaired) electrons. The van der Waals surface area contributed by atoms with Crippen LogP contribution in [-0.4, -0.2) is 19.1 Å². The molecule has 0 bridgehead atoms. The zero-order valence-electron chi connectivity index (χ0n) is 8.04. The highest BCUT2D eigenvalue weighted by atomic mass is 16.5. The van der Waals surface area contributed by atoms with Crippen molar-refractivity contribution in [2.75, 3.05) is 7.11 Å². The Labute approximate surface area is 78.5 Å². The van der Waals surface area contributed by atoms with Crippen LogP contribution in [0.15, 0.2) is 23.9 Å². The SMILES string of the molecule is CCC(=O)NC1=CCC(OC)C=C1. The summed E-state index contributed by atoms with van der Waals surface area (Å²) in [7, 11) is 1.68. The molecule has 13 heavy (non-hydrogen) atoms. The van der Waals surface area contributed by atoms with E-state index < -0.39 is 0 Å². The third kappa shape index (κ3) is 3.03. The summed E-state index contributed by atoms with van der Waals surface area (Å²) in [6, 6.07) is 0. The van der Waals surface area contributed by atoms with Crippen molar-refractivity contribution in [3.05, 3.63) is 23.9 Å². The monoisotopic (exact) mass is 181 g/mol. The first-order chi connectivity index (χ1) is 6.26. The van der Waals surface area contributed by atoms with E-state index in [2.05, 4.69) is 5.32 Å². The first-order valence-corrected chi connectivity index (χ1v) is 4.47. The Balaban J connectivity index is 2.43. The molecule has 0 spiro atoms. The summed E-state index contributed by atoms with van der Waals surface area (Å²) in [5.41, 5.74) is 0.875. The van der Waals surface area contributed by atoms with Crippen molar-refractivity contribution >= 4 is 5.91 Å². The molecule has 0 aromatic rings. The zero-order valence-corrected chi connectivity index (χ0v) is 8.04. The van der Waals surface area contributed by atoms with Crippen LogP contribution in [0.5, 0.6) is 0 Å². The highest BCUT2D eigenvalue weighted by molar-refractivity contribution is 5.78. The van der Waals surface area contributed by atoms with E-state index in [-0.39, 0.29) is 12.0 Å². The number of ether oxygens (including phenoxy) is 1. The number of amides is 1. The predicted octanol–water partition coefficient (Wildman–Crippen LogP) is 1.37. The Kier molecular flexibility index (Phi) is 3.71. The molecule has 3 nitrogen and oxygen atoms in total. The Morgan fingerprint density at radius 3 is 3.00 bits per heavy atom. The van der Waals surface area contributed by atoms with Crippen molar-refractivity contribution in [3.63, 3.8) is 0 Å². The van der Waals surface area contributed by atoms with Crippen molar-refractivity contribution in [2.24, 2.45) is 0 Å². The van der Waals surface area contributed by atoms with Crippen molar-refractivity contribution in [3.8, 4) is 0 Å². The summed E-state index contributed by atoms with van der Waals surface area (Å²) in [6.07, 6.45) is 7.30. The van der Waals surface area contributed by atoms with Crippen LogP contribution in [0.4, 0.5) is 0 Å². The van der Waals surface area contributed by atoms with Crippen molar-refractivity contribution < 1.29 is 9.53 Å². The molecule has 1 atom stereocenters. The summed E-state index contributed by atoms with van der Waals surface area (Å²) in [4.78, 5) is 11.0. The van der Waals surface area contributed by atoms with Gasteiger partial charge in [-0.25, -0.2) is 0 Å². The fourth-order valence-electron chi connectivity index (χ4n) is 1.12. The van der Waals surface area contributed by atoms with Crippen LogP contribution < -0.4 is 5.32 Å². The van der Waals surface area contributed by atoms with E-state index >= 15 is 0 Å². The molecule has 0 fully saturated rings. The number of nitrogens with one attached hydrogen (secondary N) is 1. The number of hydrogen-bond acceptors (Lipinski definition) is 2. The molecule has 0 aromatic heterocycles. The lowest BCUT2D eigenvalue weighted by Crippen LogP contribution is -2.22. The maximum Gasteiger partial charge on any atom is 0.224 e. The topological polar surface area (TPSA) is 38.3 Å². The van der Waals surface area contributed by atoms with E-state index in [0.717, 1.165) is 12.1 Å². The van der Waals surface area contributed by atoms with Gasteiger partial charge in [-0.05, 0) is 12.5 Å². The lowest BCUT2D eigenvalue weighted by Gasteiger charge is -2.14. The van der Waals surface area contributed by atoms with Crippen LogP contribution in [-0.2, 0) is 9.53 Å². The molecule has 1 unspecified atom stereocenters. The minimum Gasteiger partial charge on any atom is -0.377 e. The Bertz CT molecular complexity index is 243. The van der Waals surface area contributed by atoms with Gasteiger partial charge in [-0.15, -0.1) is 0 Å². The fourth-order valence-corrected chi connectivity index (χ4v) is 1.12. The van der Waals surface area contributed by atoms with Crippen LogP contribution in [0.3, 0.4) is 0 Å². The predicted molar refractivity (Wildman–Crippen MR) is 51.1 cm³/mol. The van der Waals surface area contributed by atoms with Gasteiger partial charge in [-0.2, -0.15) is 0 Å². The molecule has 1 aliphatic carbocycles. The van der Waals surface area contributed by atoms with Crippen molar-refractivity contribution in [1.29, 1.82) is 0 Å². The number of carbonyl (C=O) groups excluding carboxylic acids is 1. The van der Waals surface area contributed by atoms with E-state index in [1.165, 1.54) is 0 Å². The summed E-state index contributed by atoms with van der Waals surface area (Å²) >= 11 is 0. The lowest BCUT2D eigenvalue weighted by atomic mass is 10.1. The van der Waals surface area contributed by atoms with Crippen LogP contribution in [0.25, 0.3) is 0 Å². The molecule has 1 N–H and O–H groups in total. The molecular weight excluding hydrogens is 166 g/mol. The maximum absolute atomic E-state index is 11.0. The fraction of sp³-hybridized carbons (Fsp3) is 0.500. The Hall–Kier alpha value is -1.09. The zero-order chi connectivity index (χ0) is 9.68. The molecule has 0 aromatic carbocycles. The highest BCUT2D eigenvalue weighted by Gasteiger charge is 2.07. The van der Waals surface area contributed by atoms with Crippen LogP contribution in [0.1, 0.15) is 19.8 Å². The first kappa shape index (κ1) is 9.99. The lowest BCUT2D eigenvalue weighted by molar-refractivity contribution is -0.120. The number of allylic oxidation sites excluding steroid dienone is 1. The Morgan fingerprint density at radius 2 is 2.54 bits per heavy atom. The van der Waals surface area contributed by atoms with E-state index in [1.807, 2.05) is 25.2 Å². The quantitative estimate of drug-likeness (QED) is 0.714. The van der Waals surface area contributed by atoms with Gasteiger partial charge in [0, 0.05) is 19.2 Å². The van der Waals surface area contributed by atoms with Gasteiger partial charge in [0.15, 0.2) is 0 Å². The number of hydrogen-bond donors (Lipinski definition) is 1. The molecule has 3 heteroatoms. The van der Waals surface area contributed by atoms with Gasteiger partial charge in [0.25, 0.3) is 0 Å². The minimum atomic E-state index is 0.0479. The molecule has 0 saturated heterocycles. The van der Waals surface area contributed by atoms with Crippen LogP contribution >= 0.6 is 0 Å². The highest BCUT2D eigenvalue weighted by Crippen LogP contribution is 2.10. The van der Waals surface area contributed by atoms with Gasteiger partial charge in [0.05, 0.1) is 6.10 Å². The summed E-state index contributed by atoms with van der Waals surface area (Å²) in [5, 5.41) is 2.79. The smallest absolute Gasteiger partial charge is 0.224 e. The molecule has 1 rings (SSSR count). The summed E-state index contributed by atoms with van der Waals surface area (Å²) < 4.78 is 5.13. The van der Waals surface area contributed by atoms with Crippen LogP contribution in [0.2, 0.25) is 0 Å². The van der Waals surface area contributed by atoms with Gasteiger partial charge >= 0.3 is 0 Å². The summed E-state index contributed by atoms with van der Waals surface area (Å²) in [5.74, 6) is 0.0479. The molecule has 1 aliphatic rings. The van der Waals surface area contributed by atoms with Gasteiger partial charge in [-0.3, -0.25) is 4.79 Å². The number of carbonyl (C=O) groups is 1. The van der Waals surface area contributed by atoms with Crippen molar-refractivity contribution in [1.82, 2.24) is 5.32 Å². The Morgan fingerprint density at radius 1 is 1.77 bits per heavy atom. The molecule has 0 aliphatic heterocycles. The second-order valence-electron chi connectivity index (χ2n) is 2.93. The van der Waals surface area contributed by atoms with Gasteiger partial charge in [0.1, 0.15) is 0 Å². The van der Waals surface area contributed by atoms with E-state index in [4.69, 9.17) is 4.74 Å². The average molecular weight is 181 g/mol. The minimum absolute atomic E-state index is 0.0479. The third-order valence-corrected chi connectivity index (χ3v) is 1.97. The van der Waals surface area contributed by atoms with Gasteiger partial charge in [0.2, 0.25) is 5.91 Å². The van der Waals surface area contributed by atoms with Gasteiger partial charge in [-0.1, -0.05) is 19.1 Å². The van der Waals surface area contributed by atoms with Gasteiger partial charge < -0.3 is 10.1 Å². The van der Waals surface area contributed by atoms with Crippen molar-refractivity contribution in [2.45, 2.75) is 25.9 Å². The first-order valence-electron chi connectivity index (χ1n) is 4.47. The molecule has 1 amide bonds. The largest absolute Gasteiger partial charge is 0.377 e. The molecule has 72 valence electrons. The number of rotatable bonds is 3. The standard InChI is InChI=1S/C10H15NO2/c1-3-10(12)11-8-4-6-9(13-2)7-5-8/h4-6,9H,3,7H2,1-2H3,(H,11,12). The second-order valence-corrected chi connectivity index (χ2v) is 2.93. The molecule has 0 saturated carbocycles. The normalized spacial score (nSPS) is 21.1.